The van der Waals surface area contributed by atoms with Gasteiger partial charge in [-0.25, -0.2) is 9.59 Å². The third-order valence-electron chi connectivity index (χ3n) is 7.87. The van der Waals surface area contributed by atoms with Crippen molar-refractivity contribution in [1.29, 1.82) is 0 Å². The van der Waals surface area contributed by atoms with Crippen molar-refractivity contribution in [2.24, 2.45) is 9.98 Å². The first-order valence-electron chi connectivity index (χ1n) is 18.1. The molecule has 2 aromatic carbocycles. The van der Waals surface area contributed by atoms with E-state index >= 15 is 0 Å². The van der Waals surface area contributed by atoms with E-state index in [9.17, 15) is 32.3 Å². The number of nitrogens with zero attached hydrogens (tertiary/aromatic N) is 4. The number of amides is 2. The molecule has 2 amide bonds. The molecule has 0 aliphatic heterocycles. The van der Waals surface area contributed by atoms with Gasteiger partial charge < -0.3 is 29.6 Å². The number of pyridine rings is 2. The van der Waals surface area contributed by atoms with Gasteiger partial charge in [0.15, 0.2) is 0 Å². The van der Waals surface area contributed by atoms with Crippen molar-refractivity contribution in [3.63, 3.8) is 0 Å². The van der Waals surface area contributed by atoms with Crippen LogP contribution < -0.4 is 20.1 Å². The Hall–Kier alpha value is -7.17. The van der Waals surface area contributed by atoms with Crippen molar-refractivity contribution in [1.82, 2.24) is 9.97 Å². The van der Waals surface area contributed by atoms with Crippen LogP contribution in [-0.2, 0) is 34.8 Å². The number of carbonyl (C=O) groups is 4. The number of carbonyl (C=O) groups excluding carboxylic acids is 4. The van der Waals surface area contributed by atoms with Gasteiger partial charge in [-0.1, -0.05) is 13.2 Å². The summed E-state index contributed by atoms with van der Waals surface area (Å²) in [6, 6.07) is 14.4. The van der Waals surface area contributed by atoms with E-state index in [0.29, 0.717) is 73.0 Å². The fourth-order valence-corrected chi connectivity index (χ4v) is 4.82. The van der Waals surface area contributed by atoms with E-state index in [-0.39, 0.29) is 24.6 Å². The van der Waals surface area contributed by atoms with Gasteiger partial charge in [-0.3, -0.25) is 29.5 Å². The molecule has 0 bridgehead atoms. The Kier molecular flexibility index (Phi) is 17.0. The van der Waals surface area contributed by atoms with Crippen molar-refractivity contribution in [3.05, 3.63) is 121 Å². The fraction of sp³-hybridized carbons (Fsp3) is 0.238. The average molecular weight is 815 g/mol. The van der Waals surface area contributed by atoms with Gasteiger partial charge in [0.1, 0.15) is 11.5 Å². The number of aromatic nitrogens is 2. The molecule has 59 heavy (non-hydrogen) atoms. The van der Waals surface area contributed by atoms with E-state index in [1.165, 1.54) is 30.8 Å². The number of anilines is 2. The maximum atomic E-state index is 14.1. The molecule has 2 heterocycles. The molecule has 0 unspecified atom stereocenters. The lowest BCUT2D eigenvalue weighted by atomic mass is 10.1. The van der Waals surface area contributed by atoms with Gasteiger partial charge in [0.2, 0.25) is 0 Å². The highest BCUT2D eigenvalue weighted by molar-refractivity contribution is 6.43. The number of alkyl halides is 3. The summed E-state index contributed by atoms with van der Waals surface area (Å²) >= 11 is 0. The first kappa shape index (κ1) is 44.5. The minimum absolute atomic E-state index is 0.0757. The van der Waals surface area contributed by atoms with Crippen molar-refractivity contribution in [2.75, 3.05) is 37.1 Å². The molecule has 0 fully saturated rings. The van der Waals surface area contributed by atoms with Crippen LogP contribution in [0.25, 0.3) is 0 Å². The first-order chi connectivity index (χ1) is 28.3. The van der Waals surface area contributed by atoms with Gasteiger partial charge in [-0.05, 0) is 98.8 Å². The van der Waals surface area contributed by atoms with E-state index in [1.54, 1.807) is 49.5 Å². The minimum Gasteiger partial charge on any atom is -0.492 e. The number of ether oxygens (including phenoxy) is 4. The van der Waals surface area contributed by atoms with Crippen LogP contribution in [0.4, 0.5) is 35.9 Å². The summed E-state index contributed by atoms with van der Waals surface area (Å²) in [7, 11) is 0. The molecular weight excluding hydrogens is 773 g/mol. The molecule has 4 aromatic rings. The Morgan fingerprint density at radius 1 is 0.661 bits per heavy atom. The number of hydrogen-bond acceptors (Lipinski definition) is 12. The lowest BCUT2D eigenvalue weighted by Crippen LogP contribution is -2.30. The van der Waals surface area contributed by atoms with Crippen LogP contribution in [0, 0.1) is 6.92 Å². The van der Waals surface area contributed by atoms with Crippen molar-refractivity contribution >= 4 is 58.9 Å². The number of unbranched alkanes of at least 4 members (excludes halogenated alkanes) is 2. The summed E-state index contributed by atoms with van der Waals surface area (Å²) in [4.78, 5) is 64.5. The monoisotopic (exact) mass is 814 g/mol. The number of aryl methyl sites for hydroxylation is 1. The number of aliphatic imine (C=N–C) groups is 2. The van der Waals surface area contributed by atoms with E-state index < -0.39 is 41.2 Å². The molecular formula is C42H41F3N6O8. The normalized spacial score (nSPS) is 11.2. The molecule has 308 valence electrons. The Labute approximate surface area is 337 Å². The molecule has 0 atom stereocenters. The molecule has 17 heteroatoms. The molecule has 2 aromatic heterocycles. The molecule has 0 saturated carbocycles. The lowest BCUT2D eigenvalue weighted by Gasteiger charge is -2.15. The second kappa shape index (κ2) is 22.5. The zero-order valence-electron chi connectivity index (χ0n) is 32.0. The van der Waals surface area contributed by atoms with Gasteiger partial charge in [0, 0.05) is 17.8 Å². The van der Waals surface area contributed by atoms with E-state index in [1.807, 2.05) is 5.32 Å². The van der Waals surface area contributed by atoms with Crippen molar-refractivity contribution in [2.45, 2.75) is 38.8 Å². The number of benzene rings is 2. The largest absolute Gasteiger partial charge is 0.492 e. The zero-order valence-corrected chi connectivity index (χ0v) is 32.0. The van der Waals surface area contributed by atoms with E-state index in [0.717, 1.165) is 24.3 Å². The number of hydrogen-bond donors (Lipinski definition) is 2. The van der Waals surface area contributed by atoms with Crippen molar-refractivity contribution in [3.8, 4) is 11.5 Å². The molecule has 0 aliphatic rings. The zero-order chi connectivity index (χ0) is 42.6. The average Bonchev–Trinajstić information content (AvgIpc) is 3.23. The van der Waals surface area contributed by atoms with Crippen LogP contribution in [0.3, 0.4) is 0 Å². The molecule has 0 saturated heterocycles. The van der Waals surface area contributed by atoms with Gasteiger partial charge in [-0.2, -0.15) is 13.2 Å². The van der Waals surface area contributed by atoms with E-state index in [2.05, 4.69) is 38.4 Å². The van der Waals surface area contributed by atoms with Crippen molar-refractivity contribution < 1.29 is 51.3 Å². The van der Waals surface area contributed by atoms with Crippen LogP contribution in [0.1, 0.15) is 48.2 Å². The summed E-state index contributed by atoms with van der Waals surface area (Å²) in [5, 5.41) is 4.46. The molecule has 14 nitrogen and oxygen atoms in total. The molecule has 0 aliphatic carbocycles. The van der Waals surface area contributed by atoms with Gasteiger partial charge in [0.25, 0.3) is 0 Å². The maximum absolute atomic E-state index is 14.1. The molecule has 0 spiro atoms. The minimum atomic E-state index is -4.89. The molecule has 0 radical (unpaired) electrons. The molecule has 2 N–H and O–H groups in total. The first-order valence-corrected chi connectivity index (χ1v) is 18.1. The van der Waals surface area contributed by atoms with E-state index in [4.69, 9.17) is 18.9 Å². The van der Waals surface area contributed by atoms with Crippen LogP contribution in [-0.4, -0.2) is 72.6 Å². The smallest absolute Gasteiger partial charge is 0.418 e. The lowest BCUT2D eigenvalue weighted by molar-refractivity contribution is -0.138. The highest BCUT2D eigenvalue weighted by Crippen LogP contribution is 2.37. The SMILES string of the molecule is C=CC(=O)OCCCCOc1ccc(/C=N/c2ccc(NC(=O)C(=O)Nc3ccc(/N=C/c4ccc(OCCCCOC(=O)C=C)cn4)cc3C(F)(F)F)c(C)c2)nc1. The standard InChI is InChI=1S/C42H41F3N6O8/c1-4-38(52)58-20-8-6-18-56-33-14-10-31(48-26-33)24-46-29-12-16-36(28(3)22-29)50-40(54)41(55)51-37-17-13-30(23-35(37)42(43,44)45)47-25-32-11-15-34(27-49-32)57-19-7-9-21-59-39(53)5-2/h4-5,10-17,22-27H,1-2,6-9,18-21H2,3H3,(H,50,54)(H,51,55)/b46-24+,47-25+. The van der Waals surface area contributed by atoms with Crippen LogP contribution in [0.5, 0.6) is 11.5 Å². The van der Waals surface area contributed by atoms with Gasteiger partial charge in [0.05, 0.1) is 85.3 Å². The summed E-state index contributed by atoms with van der Waals surface area (Å²) in [5.74, 6) is -2.44. The Morgan fingerprint density at radius 3 is 1.56 bits per heavy atom. The summed E-state index contributed by atoms with van der Waals surface area (Å²) < 4.78 is 63.2. The highest BCUT2D eigenvalue weighted by atomic mass is 19.4. The Bertz CT molecular complexity index is 2160. The second-order valence-electron chi connectivity index (χ2n) is 12.3. The van der Waals surface area contributed by atoms with Crippen LogP contribution in [0.2, 0.25) is 0 Å². The highest BCUT2D eigenvalue weighted by Gasteiger charge is 2.35. The summed E-state index contributed by atoms with van der Waals surface area (Å²) in [5.41, 5.74) is 0.269. The number of halogens is 3. The van der Waals surface area contributed by atoms with Gasteiger partial charge >= 0.3 is 29.9 Å². The second-order valence-corrected chi connectivity index (χ2v) is 12.3. The summed E-state index contributed by atoms with van der Waals surface area (Å²) in [6.45, 7) is 9.61. The van der Waals surface area contributed by atoms with Crippen LogP contribution >= 0.6 is 0 Å². The number of esters is 2. The predicted octanol–water partition coefficient (Wildman–Crippen LogP) is 7.66. The van der Waals surface area contributed by atoms with Gasteiger partial charge in [-0.15, -0.1) is 0 Å². The number of rotatable bonds is 20. The summed E-state index contributed by atoms with van der Waals surface area (Å²) in [6.07, 6.45) is 5.61. The third-order valence-corrected chi connectivity index (χ3v) is 7.87. The predicted molar refractivity (Wildman–Crippen MR) is 215 cm³/mol. The Balaban J connectivity index is 1.27. The molecule has 4 rings (SSSR count). The quantitative estimate of drug-likeness (QED) is 0.0296. The maximum Gasteiger partial charge on any atom is 0.418 e. The number of nitrogens with one attached hydrogen (secondary N) is 2. The fourth-order valence-electron chi connectivity index (χ4n) is 4.82. The van der Waals surface area contributed by atoms with Crippen LogP contribution in [0.15, 0.2) is 108 Å². The Morgan fingerprint density at radius 2 is 1.12 bits per heavy atom. The third kappa shape index (κ3) is 15.4. The topological polar surface area (TPSA) is 180 Å².